The minimum Gasteiger partial charge on any atom is -0.497 e. The average molecular weight is 435 g/mol. The lowest BCUT2D eigenvalue weighted by molar-refractivity contribution is -0.105. The summed E-state index contributed by atoms with van der Waals surface area (Å²) in [7, 11) is 1.71. The lowest BCUT2D eigenvalue weighted by atomic mass is 9.44. The van der Waals surface area contributed by atoms with E-state index < -0.39 is 5.60 Å². The molecule has 4 aliphatic rings. The predicted octanol–water partition coefficient (Wildman–Crippen LogP) is 5.47. The van der Waals surface area contributed by atoms with E-state index in [1.54, 1.807) is 7.11 Å². The molecule has 4 aliphatic carbocycles. The van der Waals surface area contributed by atoms with Crippen LogP contribution >= 0.6 is 0 Å². The van der Waals surface area contributed by atoms with Gasteiger partial charge in [-0.15, -0.1) is 5.92 Å². The Bertz CT molecular complexity index is 968. The Balaban J connectivity index is 1.54. The van der Waals surface area contributed by atoms with Crippen LogP contribution in [0.25, 0.3) is 0 Å². The van der Waals surface area contributed by atoms with Crippen molar-refractivity contribution in [3.8, 4) is 17.6 Å². The smallest absolute Gasteiger partial charge is 0.131 e. The van der Waals surface area contributed by atoms with Crippen LogP contribution in [0, 0.1) is 40.4 Å². The molecule has 3 heteroatoms. The summed E-state index contributed by atoms with van der Waals surface area (Å²) in [6.45, 7) is 6.64. The molecule has 2 N–H and O–H groups in total. The largest absolute Gasteiger partial charge is 0.497 e. The minimum absolute atomic E-state index is 0.0508. The van der Waals surface area contributed by atoms with Crippen molar-refractivity contribution in [1.82, 2.24) is 0 Å². The predicted molar refractivity (Wildman–Crippen MR) is 127 cm³/mol. The van der Waals surface area contributed by atoms with E-state index in [-0.39, 0.29) is 16.9 Å². The third-order valence-corrected chi connectivity index (χ3v) is 10.2. The molecular weight excluding hydrogens is 396 g/mol. The van der Waals surface area contributed by atoms with Crippen molar-refractivity contribution in [2.75, 3.05) is 7.11 Å². The molecule has 3 saturated carbocycles. The van der Waals surface area contributed by atoms with E-state index in [9.17, 15) is 10.2 Å². The van der Waals surface area contributed by atoms with Gasteiger partial charge in [0.15, 0.2) is 0 Å². The van der Waals surface area contributed by atoms with Crippen LogP contribution in [0.15, 0.2) is 35.9 Å². The molecule has 0 bridgehead atoms. The summed E-state index contributed by atoms with van der Waals surface area (Å²) >= 11 is 0. The van der Waals surface area contributed by atoms with Gasteiger partial charge >= 0.3 is 0 Å². The molecule has 0 amide bonds. The van der Waals surface area contributed by atoms with Gasteiger partial charge in [0.2, 0.25) is 0 Å². The molecule has 3 fully saturated rings. The number of aliphatic hydroxyl groups excluding tert-OH is 1. The van der Waals surface area contributed by atoms with Gasteiger partial charge in [-0.05, 0) is 98.7 Å². The van der Waals surface area contributed by atoms with Crippen LogP contribution in [0.5, 0.6) is 5.75 Å². The number of hydrogen-bond donors (Lipinski definition) is 2. The van der Waals surface area contributed by atoms with E-state index in [1.165, 1.54) is 17.6 Å². The Morgan fingerprint density at radius 1 is 1.03 bits per heavy atom. The first-order valence-electron chi connectivity index (χ1n) is 12.5. The van der Waals surface area contributed by atoms with Gasteiger partial charge in [0.25, 0.3) is 0 Å². The molecule has 3 nitrogen and oxygen atoms in total. The molecule has 32 heavy (non-hydrogen) atoms. The molecule has 5 rings (SSSR count). The number of allylic oxidation sites excluding steroid dienone is 1. The Morgan fingerprint density at radius 2 is 1.75 bits per heavy atom. The number of methoxy groups -OCH3 is 1. The first kappa shape index (κ1) is 22.1. The Labute approximate surface area is 193 Å². The zero-order valence-electron chi connectivity index (χ0n) is 20.0. The molecule has 1 aromatic rings. The normalized spacial score (nSPS) is 44.9. The summed E-state index contributed by atoms with van der Waals surface area (Å²) in [5.74, 6) is 9.14. The van der Waals surface area contributed by atoms with Crippen LogP contribution in [0.2, 0.25) is 0 Å². The highest BCUT2D eigenvalue weighted by molar-refractivity contribution is 5.38. The van der Waals surface area contributed by atoms with Crippen molar-refractivity contribution < 1.29 is 14.9 Å². The first-order valence-corrected chi connectivity index (χ1v) is 12.5. The van der Waals surface area contributed by atoms with Crippen molar-refractivity contribution in [3.63, 3.8) is 0 Å². The number of rotatable bonds is 2. The highest BCUT2D eigenvalue weighted by Crippen LogP contribution is 2.69. The highest BCUT2D eigenvalue weighted by atomic mass is 16.5. The van der Waals surface area contributed by atoms with Crippen LogP contribution < -0.4 is 4.74 Å². The zero-order chi connectivity index (χ0) is 22.7. The maximum Gasteiger partial charge on any atom is 0.131 e. The van der Waals surface area contributed by atoms with E-state index in [4.69, 9.17) is 4.74 Å². The molecule has 0 saturated heterocycles. The lowest BCUT2D eigenvalue weighted by Crippen LogP contribution is -2.56. The van der Waals surface area contributed by atoms with Crippen molar-refractivity contribution >= 4 is 0 Å². The fourth-order valence-corrected chi connectivity index (χ4v) is 8.54. The van der Waals surface area contributed by atoms with Crippen molar-refractivity contribution in [3.05, 3.63) is 41.5 Å². The summed E-state index contributed by atoms with van der Waals surface area (Å²) in [5, 5.41) is 22.3. The molecule has 0 heterocycles. The quantitative estimate of drug-likeness (QED) is 0.480. The molecule has 0 spiro atoms. The summed E-state index contributed by atoms with van der Waals surface area (Å²) in [6, 6.07) is 8.52. The second-order valence-corrected chi connectivity index (χ2v) is 11.2. The van der Waals surface area contributed by atoms with E-state index in [1.807, 2.05) is 6.92 Å². The molecule has 8 unspecified atom stereocenters. The molecule has 172 valence electrons. The van der Waals surface area contributed by atoms with E-state index >= 15 is 0 Å². The van der Waals surface area contributed by atoms with Crippen LogP contribution in [0.4, 0.5) is 0 Å². The number of benzene rings is 1. The highest BCUT2D eigenvalue weighted by Gasteiger charge is 2.64. The standard InChI is InChI=1S/C29H38O3/c1-5-14-29(31)16-13-24-23-11-8-20-17-21(30)18-26(19-6-9-22(32-4)10-7-19)28(20,3)25(23)12-15-27(24,29)2/h6-7,9-10,17,21,23-26,30-31H,8,11-13,15-16,18H2,1-4H3. The summed E-state index contributed by atoms with van der Waals surface area (Å²) in [6.07, 6.45) is 8.86. The Morgan fingerprint density at radius 3 is 2.44 bits per heavy atom. The fraction of sp³-hybridized carbons (Fsp3) is 0.655. The van der Waals surface area contributed by atoms with Crippen LogP contribution in [-0.2, 0) is 0 Å². The minimum atomic E-state index is -0.841. The fourth-order valence-electron chi connectivity index (χ4n) is 8.54. The zero-order valence-corrected chi connectivity index (χ0v) is 20.0. The van der Waals surface area contributed by atoms with Gasteiger partial charge in [0.1, 0.15) is 11.4 Å². The van der Waals surface area contributed by atoms with Crippen molar-refractivity contribution in [2.45, 2.75) is 83.3 Å². The van der Waals surface area contributed by atoms with Crippen LogP contribution in [-0.4, -0.2) is 29.0 Å². The third-order valence-electron chi connectivity index (χ3n) is 10.2. The molecule has 0 aromatic heterocycles. The van der Waals surface area contributed by atoms with Gasteiger partial charge in [-0.1, -0.05) is 43.5 Å². The number of hydrogen-bond acceptors (Lipinski definition) is 3. The summed E-state index contributed by atoms with van der Waals surface area (Å²) in [4.78, 5) is 0. The van der Waals surface area contributed by atoms with Gasteiger partial charge in [-0.25, -0.2) is 0 Å². The van der Waals surface area contributed by atoms with Crippen LogP contribution in [0.3, 0.4) is 0 Å². The number of ether oxygens (including phenoxy) is 1. The van der Waals surface area contributed by atoms with E-state index in [0.717, 1.165) is 44.3 Å². The van der Waals surface area contributed by atoms with E-state index in [2.05, 4.69) is 56.0 Å². The number of fused-ring (bicyclic) bond motifs is 5. The molecular formula is C29H38O3. The lowest BCUT2D eigenvalue weighted by Gasteiger charge is -2.61. The van der Waals surface area contributed by atoms with Gasteiger partial charge in [0.05, 0.1) is 13.2 Å². The molecule has 0 aliphatic heterocycles. The number of aliphatic hydroxyl groups is 2. The van der Waals surface area contributed by atoms with Crippen molar-refractivity contribution in [2.24, 2.45) is 28.6 Å². The van der Waals surface area contributed by atoms with Gasteiger partial charge in [-0.2, -0.15) is 0 Å². The second kappa shape index (κ2) is 7.64. The van der Waals surface area contributed by atoms with E-state index in [0.29, 0.717) is 23.7 Å². The maximum absolute atomic E-state index is 11.5. The summed E-state index contributed by atoms with van der Waals surface area (Å²) in [5.41, 5.74) is 1.87. The maximum atomic E-state index is 11.5. The third kappa shape index (κ3) is 2.95. The SMILES string of the molecule is CC#CC1(O)CCC2C3CCC4=CC(O)CC(c5ccc(OC)cc5)C4(C)C3CCC21C. The molecule has 0 radical (unpaired) electrons. The van der Waals surface area contributed by atoms with Crippen LogP contribution in [0.1, 0.15) is 77.2 Å². The molecule has 8 atom stereocenters. The van der Waals surface area contributed by atoms with Gasteiger partial charge < -0.3 is 14.9 Å². The van der Waals surface area contributed by atoms with Gasteiger partial charge in [0, 0.05) is 5.41 Å². The monoisotopic (exact) mass is 434 g/mol. The van der Waals surface area contributed by atoms with Gasteiger partial charge in [-0.3, -0.25) is 0 Å². The average Bonchev–Trinajstić information content (AvgIpc) is 3.05. The van der Waals surface area contributed by atoms with Crippen molar-refractivity contribution in [1.29, 1.82) is 0 Å². The second-order valence-electron chi connectivity index (χ2n) is 11.2. The topological polar surface area (TPSA) is 49.7 Å². The Hall–Kier alpha value is -1.76. The summed E-state index contributed by atoms with van der Waals surface area (Å²) < 4.78 is 5.40. The Kier molecular flexibility index (Phi) is 5.27. The molecule has 1 aromatic carbocycles. The first-order chi connectivity index (χ1) is 15.3.